The summed E-state index contributed by atoms with van der Waals surface area (Å²) < 4.78 is 10.6. The van der Waals surface area contributed by atoms with Crippen molar-refractivity contribution in [3.8, 4) is 0 Å². The lowest BCUT2D eigenvalue weighted by Gasteiger charge is -2.14. The summed E-state index contributed by atoms with van der Waals surface area (Å²) in [4.78, 5) is 0. The summed E-state index contributed by atoms with van der Waals surface area (Å²) in [6.07, 6.45) is 0.426. The molecule has 16 heavy (non-hydrogen) atoms. The zero-order valence-electron chi connectivity index (χ0n) is 8.93. The maximum Gasteiger partial charge on any atom is 0.160 e. The van der Waals surface area contributed by atoms with Crippen LogP contribution in [0.15, 0.2) is 24.3 Å². The monoisotopic (exact) mass is 242 g/mol. The van der Waals surface area contributed by atoms with Gasteiger partial charge in [0.1, 0.15) is 0 Å². The SMILES string of the molecule is OC(Cc1ccc(Cl)cc1)CC1OCCO1. The third-order valence-corrected chi connectivity index (χ3v) is 2.79. The Kier molecular flexibility index (Phi) is 4.18. The van der Waals surface area contributed by atoms with Crippen LogP contribution in [0.2, 0.25) is 5.02 Å². The summed E-state index contributed by atoms with van der Waals surface area (Å²) in [6, 6.07) is 7.49. The first-order valence-corrected chi connectivity index (χ1v) is 5.77. The fraction of sp³-hybridized carbons (Fsp3) is 0.500. The first kappa shape index (κ1) is 11.9. The zero-order chi connectivity index (χ0) is 11.4. The molecule has 0 saturated carbocycles. The first-order chi connectivity index (χ1) is 7.74. The second-order valence-electron chi connectivity index (χ2n) is 3.89. The molecule has 0 spiro atoms. The number of hydrogen-bond donors (Lipinski definition) is 1. The van der Waals surface area contributed by atoms with Crippen LogP contribution in [-0.2, 0) is 15.9 Å². The highest BCUT2D eigenvalue weighted by atomic mass is 35.5. The highest BCUT2D eigenvalue weighted by Crippen LogP contribution is 2.15. The Bertz CT molecular complexity index is 320. The van der Waals surface area contributed by atoms with Gasteiger partial charge in [-0.3, -0.25) is 0 Å². The molecule has 1 aliphatic rings. The van der Waals surface area contributed by atoms with Crippen molar-refractivity contribution in [2.45, 2.75) is 25.2 Å². The summed E-state index contributed by atoms with van der Waals surface area (Å²) in [5.74, 6) is 0. The van der Waals surface area contributed by atoms with E-state index in [4.69, 9.17) is 21.1 Å². The third kappa shape index (κ3) is 3.46. The van der Waals surface area contributed by atoms with Crippen molar-refractivity contribution >= 4 is 11.6 Å². The van der Waals surface area contributed by atoms with Crippen LogP contribution in [0.25, 0.3) is 0 Å². The summed E-state index contributed by atoms with van der Waals surface area (Å²) in [7, 11) is 0. The van der Waals surface area contributed by atoms with Crippen molar-refractivity contribution in [2.24, 2.45) is 0 Å². The second kappa shape index (κ2) is 5.64. The molecule has 2 rings (SSSR count). The molecular formula is C12H15ClO3. The van der Waals surface area contributed by atoms with E-state index in [0.717, 1.165) is 5.56 Å². The van der Waals surface area contributed by atoms with E-state index in [1.165, 1.54) is 0 Å². The van der Waals surface area contributed by atoms with Crippen molar-refractivity contribution in [1.82, 2.24) is 0 Å². The van der Waals surface area contributed by atoms with Gasteiger partial charge in [0.15, 0.2) is 6.29 Å². The van der Waals surface area contributed by atoms with Gasteiger partial charge in [-0.25, -0.2) is 0 Å². The highest BCUT2D eigenvalue weighted by Gasteiger charge is 2.20. The standard InChI is InChI=1S/C12H15ClO3/c13-10-3-1-9(2-4-10)7-11(14)8-12-15-5-6-16-12/h1-4,11-12,14H,5-8H2. The lowest BCUT2D eigenvalue weighted by atomic mass is 10.1. The molecule has 0 bridgehead atoms. The summed E-state index contributed by atoms with van der Waals surface area (Å²) in [5, 5.41) is 10.5. The molecule has 1 heterocycles. The van der Waals surface area contributed by atoms with Crippen molar-refractivity contribution in [2.75, 3.05) is 13.2 Å². The molecule has 1 aromatic rings. The van der Waals surface area contributed by atoms with E-state index in [9.17, 15) is 5.11 Å². The Morgan fingerprint density at radius 1 is 1.25 bits per heavy atom. The van der Waals surface area contributed by atoms with Crippen molar-refractivity contribution in [3.05, 3.63) is 34.9 Å². The van der Waals surface area contributed by atoms with Gasteiger partial charge in [-0.05, 0) is 24.1 Å². The minimum Gasteiger partial charge on any atom is -0.393 e. The molecule has 0 amide bonds. The van der Waals surface area contributed by atoms with Crippen LogP contribution in [-0.4, -0.2) is 30.7 Å². The van der Waals surface area contributed by atoms with E-state index < -0.39 is 6.10 Å². The average Bonchev–Trinajstić information content (AvgIpc) is 2.74. The summed E-state index contributed by atoms with van der Waals surface area (Å²) in [6.45, 7) is 1.25. The van der Waals surface area contributed by atoms with Crippen LogP contribution in [0, 0.1) is 0 Å². The molecule has 1 aromatic carbocycles. The number of aliphatic hydroxyl groups excluding tert-OH is 1. The maximum absolute atomic E-state index is 9.84. The molecule has 1 unspecified atom stereocenters. The van der Waals surface area contributed by atoms with Gasteiger partial charge in [0.2, 0.25) is 0 Å². The van der Waals surface area contributed by atoms with E-state index in [0.29, 0.717) is 31.1 Å². The lowest BCUT2D eigenvalue weighted by molar-refractivity contribution is -0.0698. The molecule has 4 heteroatoms. The first-order valence-electron chi connectivity index (χ1n) is 5.40. The van der Waals surface area contributed by atoms with Crippen molar-refractivity contribution in [3.63, 3.8) is 0 Å². The van der Waals surface area contributed by atoms with Crippen LogP contribution >= 0.6 is 11.6 Å². The molecule has 88 valence electrons. The molecule has 1 N–H and O–H groups in total. The number of hydrogen-bond acceptors (Lipinski definition) is 3. The largest absolute Gasteiger partial charge is 0.393 e. The van der Waals surface area contributed by atoms with Gasteiger partial charge in [0.25, 0.3) is 0 Å². The number of halogens is 1. The quantitative estimate of drug-likeness (QED) is 0.878. The normalized spacial score (nSPS) is 18.9. The minimum absolute atomic E-state index is 0.248. The van der Waals surface area contributed by atoms with Gasteiger partial charge >= 0.3 is 0 Å². The number of benzene rings is 1. The van der Waals surface area contributed by atoms with E-state index >= 15 is 0 Å². The van der Waals surface area contributed by atoms with Crippen molar-refractivity contribution in [1.29, 1.82) is 0 Å². The van der Waals surface area contributed by atoms with Crippen LogP contribution in [0.4, 0.5) is 0 Å². The maximum atomic E-state index is 9.84. The van der Waals surface area contributed by atoms with E-state index in [2.05, 4.69) is 0 Å². The Labute approximate surface area is 99.9 Å². The van der Waals surface area contributed by atoms with E-state index in [1.54, 1.807) is 0 Å². The molecule has 0 radical (unpaired) electrons. The molecule has 1 aliphatic heterocycles. The number of ether oxygens (including phenoxy) is 2. The molecule has 1 fully saturated rings. The van der Waals surface area contributed by atoms with Gasteiger partial charge in [0, 0.05) is 11.4 Å². The number of rotatable bonds is 4. The molecule has 3 nitrogen and oxygen atoms in total. The van der Waals surface area contributed by atoms with E-state index in [1.807, 2.05) is 24.3 Å². The van der Waals surface area contributed by atoms with Gasteiger partial charge in [-0.1, -0.05) is 23.7 Å². The van der Waals surface area contributed by atoms with Gasteiger partial charge < -0.3 is 14.6 Å². The topological polar surface area (TPSA) is 38.7 Å². The van der Waals surface area contributed by atoms with Crippen LogP contribution in [0.3, 0.4) is 0 Å². The Balaban J connectivity index is 1.81. The van der Waals surface area contributed by atoms with Gasteiger partial charge in [-0.15, -0.1) is 0 Å². The number of aliphatic hydroxyl groups is 1. The minimum atomic E-state index is -0.440. The van der Waals surface area contributed by atoms with Crippen LogP contribution in [0.1, 0.15) is 12.0 Å². The van der Waals surface area contributed by atoms with Crippen LogP contribution in [0.5, 0.6) is 0 Å². The Morgan fingerprint density at radius 2 is 1.88 bits per heavy atom. The predicted molar refractivity (Wildman–Crippen MR) is 61.5 cm³/mol. The Morgan fingerprint density at radius 3 is 2.50 bits per heavy atom. The molecule has 0 aromatic heterocycles. The van der Waals surface area contributed by atoms with Crippen LogP contribution < -0.4 is 0 Å². The molecule has 1 atom stereocenters. The predicted octanol–water partition coefficient (Wildman–Crippen LogP) is 2.01. The highest BCUT2D eigenvalue weighted by molar-refractivity contribution is 6.30. The fourth-order valence-electron chi connectivity index (χ4n) is 1.74. The van der Waals surface area contributed by atoms with Gasteiger partial charge in [0.05, 0.1) is 19.3 Å². The zero-order valence-corrected chi connectivity index (χ0v) is 9.69. The van der Waals surface area contributed by atoms with E-state index in [-0.39, 0.29) is 6.29 Å². The van der Waals surface area contributed by atoms with Crippen molar-refractivity contribution < 1.29 is 14.6 Å². The summed E-state index contributed by atoms with van der Waals surface area (Å²) in [5.41, 5.74) is 1.06. The average molecular weight is 243 g/mol. The Hall–Kier alpha value is -0.610. The fourth-order valence-corrected chi connectivity index (χ4v) is 1.87. The second-order valence-corrected chi connectivity index (χ2v) is 4.33. The molecular weight excluding hydrogens is 228 g/mol. The summed E-state index contributed by atoms with van der Waals surface area (Å²) >= 11 is 5.78. The van der Waals surface area contributed by atoms with Gasteiger partial charge in [-0.2, -0.15) is 0 Å². The molecule has 0 aliphatic carbocycles. The lowest BCUT2D eigenvalue weighted by Crippen LogP contribution is -2.20. The third-order valence-electron chi connectivity index (χ3n) is 2.54. The smallest absolute Gasteiger partial charge is 0.160 e. The molecule has 1 saturated heterocycles.